The van der Waals surface area contributed by atoms with E-state index < -0.39 is 20.6 Å². The quantitative estimate of drug-likeness (QED) is 0.540. The third-order valence-corrected chi connectivity index (χ3v) is 7.00. The number of nitrogens with zero attached hydrogens (tertiary/aromatic N) is 2. The van der Waals surface area contributed by atoms with Crippen LogP contribution < -0.4 is 9.47 Å². The lowest BCUT2D eigenvalue weighted by Crippen LogP contribution is -2.27. The van der Waals surface area contributed by atoms with Crippen molar-refractivity contribution in [1.29, 1.82) is 0 Å². The third-order valence-electron chi connectivity index (χ3n) is 5.10. The Morgan fingerprint density at radius 2 is 1.86 bits per heavy atom. The molecule has 8 nitrogen and oxygen atoms in total. The van der Waals surface area contributed by atoms with Gasteiger partial charge in [0, 0.05) is 31.1 Å². The molecular weight excluding hydrogens is 396 g/mol. The molecule has 2 heterocycles. The Kier molecular flexibility index (Phi) is 4.74. The second-order valence-corrected chi connectivity index (χ2v) is 9.82. The second kappa shape index (κ2) is 7.00. The summed E-state index contributed by atoms with van der Waals surface area (Å²) in [5.74, 6) is 0.893. The number of sulfonamides is 1. The van der Waals surface area contributed by atoms with E-state index in [2.05, 4.69) is 0 Å². The SMILES string of the molecule is CC1(C)Cc2cccc(Oc3ccc(S(=O)(=O)N4CCCC4)cc3[N+](=O)[O-])c2O1. The standard InChI is InChI=1S/C20H22N2O6S/c1-20(2)13-14-6-5-7-18(19(14)28-20)27-17-9-8-15(12-16(17)22(23)24)29(25,26)21-10-3-4-11-21/h5-9,12H,3-4,10-11,13H2,1-2H3. The third kappa shape index (κ3) is 3.67. The summed E-state index contributed by atoms with van der Waals surface area (Å²) < 4.78 is 38.6. The monoisotopic (exact) mass is 418 g/mol. The van der Waals surface area contributed by atoms with Crippen LogP contribution in [-0.4, -0.2) is 36.3 Å². The number of ether oxygens (including phenoxy) is 2. The number of nitro benzene ring substituents is 1. The first kappa shape index (κ1) is 19.7. The average Bonchev–Trinajstić information content (AvgIpc) is 3.29. The molecule has 1 fully saturated rings. The molecule has 9 heteroatoms. The Balaban J connectivity index is 1.70. The van der Waals surface area contributed by atoms with Crippen molar-refractivity contribution in [3.05, 3.63) is 52.1 Å². The lowest BCUT2D eigenvalue weighted by molar-refractivity contribution is -0.385. The van der Waals surface area contributed by atoms with Gasteiger partial charge in [-0.25, -0.2) is 8.42 Å². The molecule has 1 saturated heterocycles. The van der Waals surface area contributed by atoms with Crippen molar-refractivity contribution >= 4 is 15.7 Å². The van der Waals surface area contributed by atoms with Crippen molar-refractivity contribution in [2.45, 2.75) is 43.6 Å². The summed E-state index contributed by atoms with van der Waals surface area (Å²) in [6.45, 7) is 4.77. The summed E-state index contributed by atoms with van der Waals surface area (Å²) >= 11 is 0. The minimum Gasteiger partial charge on any atom is -0.483 e. The molecular formula is C20H22N2O6S. The molecule has 0 aromatic heterocycles. The van der Waals surface area contributed by atoms with Gasteiger partial charge in [0.15, 0.2) is 11.5 Å². The highest BCUT2D eigenvalue weighted by Gasteiger charge is 2.34. The van der Waals surface area contributed by atoms with E-state index >= 15 is 0 Å². The number of fused-ring (bicyclic) bond motifs is 1. The topological polar surface area (TPSA) is 99.0 Å². The molecule has 29 heavy (non-hydrogen) atoms. The Labute approximate surface area is 169 Å². The van der Waals surface area contributed by atoms with E-state index in [1.807, 2.05) is 19.9 Å². The minimum atomic E-state index is -3.76. The summed E-state index contributed by atoms with van der Waals surface area (Å²) in [5, 5.41) is 11.6. The zero-order valence-electron chi connectivity index (χ0n) is 16.3. The number of para-hydroxylation sites is 1. The summed E-state index contributed by atoms with van der Waals surface area (Å²) in [7, 11) is -3.76. The summed E-state index contributed by atoms with van der Waals surface area (Å²) in [6.07, 6.45) is 2.28. The Morgan fingerprint density at radius 1 is 1.14 bits per heavy atom. The van der Waals surface area contributed by atoms with Gasteiger partial charge in [-0.15, -0.1) is 0 Å². The Bertz CT molecular complexity index is 1070. The number of hydrogen-bond donors (Lipinski definition) is 0. The van der Waals surface area contributed by atoms with E-state index in [1.54, 1.807) is 12.1 Å². The van der Waals surface area contributed by atoms with E-state index in [0.717, 1.165) is 24.5 Å². The van der Waals surface area contributed by atoms with Gasteiger partial charge in [0.25, 0.3) is 0 Å². The molecule has 0 aliphatic carbocycles. The van der Waals surface area contributed by atoms with Crippen LogP contribution in [0.2, 0.25) is 0 Å². The van der Waals surface area contributed by atoms with Crippen LogP contribution in [0, 0.1) is 10.1 Å². The average molecular weight is 418 g/mol. The number of benzene rings is 2. The van der Waals surface area contributed by atoms with Gasteiger partial charge >= 0.3 is 5.69 Å². The van der Waals surface area contributed by atoms with Crippen LogP contribution in [0.5, 0.6) is 17.2 Å². The van der Waals surface area contributed by atoms with Gasteiger partial charge in [-0.05, 0) is 44.9 Å². The zero-order valence-corrected chi connectivity index (χ0v) is 17.1. The first-order chi connectivity index (χ1) is 13.7. The summed E-state index contributed by atoms with van der Waals surface area (Å²) in [4.78, 5) is 10.9. The molecule has 2 aliphatic heterocycles. The van der Waals surface area contributed by atoms with Gasteiger partial charge in [0.2, 0.25) is 15.8 Å². The molecule has 0 saturated carbocycles. The fraction of sp³-hybridized carbons (Fsp3) is 0.400. The normalized spacial score (nSPS) is 18.3. The van der Waals surface area contributed by atoms with Gasteiger partial charge in [-0.3, -0.25) is 10.1 Å². The smallest absolute Gasteiger partial charge is 0.312 e. The summed E-state index contributed by atoms with van der Waals surface area (Å²) in [5.41, 5.74) is 0.171. The molecule has 0 atom stereocenters. The molecule has 154 valence electrons. The van der Waals surface area contributed by atoms with Gasteiger partial charge in [-0.1, -0.05) is 12.1 Å². The fourth-order valence-corrected chi connectivity index (χ4v) is 5.29. The molecule has 0 N–H and O–H groups in total. The van der Waals surface area contributed by atoms with Crippen LogP contribution in [0.1, 0.15) is 32.3 Å². The van der Waals surface area contributed by atoms with Gasteiger partial charge in [0.1, 0.15) is 5.60 Å². The molecule has 0 radical (unpaired) electrons. The molecule has 0 amide bonds. The highest BCUT2D eigenvalue weighted by molar-refractivity contribution is 7.89. The number of hydrogen-bond acceptors (Lipinski definition) is 6. The highest BCUT2D eigenvalue weighted by Crippen LogP contribution is 2.45. The van der Waals surface area contributed by atoms with E-state index in [0.29, 0.717) is 31.0 Å². The van der Waals surface area contributed by atoms with Gasteiger partial charge < -0.3 is 9.47 Å². The van der Waals surface area contributed by atoms with E-state index in [1.165, 1.54) is 16.4 Å². The molecule has 2 aromatic carbocycles. The van der Waals surface area contributed by atoms with Crippen molar-refractivity contribution in [3.8, 4) is 17.2 Å². The van der Waals surface area contributed by atoms with Crippen LogP contribution in [-0.2, 0) is 16.4 Å². The van der Waals surface area contributed by atoms with Crippen LogP contribution in [0.4, 0.5) is 5.69 Å². The first-order valence-electron chi connectivity index (χ1n) is 9.45. The highest BCUT2D eigenvalue weighted by atomic mass is 32.2. The van der Waals surface area contributed by atoms with Crippen molar-refractivity contribution < 1.29 is 22.8 Å². The Hall–Kier alpha value is -2.65. The first-order valence-corrected chi connectivity index (χ1v) is 10.9. The fourth-order valence-electron chi connectivity index (χ4n) is 3.75. The second-order valence-electron chi connectivity index (χ2n) is 7.88. The van der Waals surface area contributed by atoms with Crippen molar-refractivity contribution in [2.24, 2.45) is 0 Å². The van der Waals surface area contributed by atoms with E-state index in [4.69, 9.17) is 9.47 Å². The minimum absolute atomic E-state index is 0.0305. The van der Waals surface area contributed by atoms with Crippen LogP contribution in [0.15, 0.2) is 41.3 Å². The molecule has 0 bridgehead atoms. The molecule has 2 aliphatic rings. The molecule has 4 rings (SSSR count). The van der Waals surface area contributed by atoms with Gasteiger partial charge in [0.05, 0.1) is 9.82 Å². The number of rotatable bonds is 5. The maximum Gasteiger partial charge on any atom is 0.312 e. The predicted molar refractivity (Wildman–Crippen MR) is 106 cm³/mol. The maximum atomic E-state index is 12.7. The summed E-state index contributed by atoms with van der Waals surface area (Å²) in [6, 6.07) is 9.16. The Morgan fingerprint density at radius 3 is 2.55 bits per heavy atom. The van der Waals surface area contributed by atoms with Gasteiger partial charge in [-0.2, -0.15) is 4.31 Å². The van der Waals surface area contributed by atoms with Crippen molar-refractivity contribution in [3.63, 3.8) is 0 Å². The molecule has 0 unspecified atom stereocenters. The number of nitro groups is 1. The van der Waals surface area contributed by atoms with Crippen LogP contribution in [0.25, 0.3) is 0 Å². The largest absolute Gasteiger partial charge is 0.483 e. The van der Waals surface area contributed by atoms with Crippen LogP contribution >= 0.6 is 0 Å². The lowest BCUT2D eigenvalue weighted by atomic mass is 10.0. The predicted octanol–water partition coefficient (Wildman–Crippen LogP) is 3.89. The maximum absolute atomic E-state index is 12.7. The van der Waals surface area contributed by atoms with Crippen LogP contribution in [0.3, 0.4) is 0 Å². The zero-order chi connectivity index (χ0) is 20.8. The van der Waals surface area contributed by atoms with Crippen molar-refractivity contribution in [2.75, 3.05) is 13.1 Å². The lowest BCUT2D eigenvalue weighted by Gasteiger charge is -2.18. The van der Waals surface area contributed by atoms with E-state index in [9.17, 15) is 18.5 Å². The van der Waals surface area contributed by atoms with Crippen molar-refractivity contribution in [1.82, 2.24) is 4.31 Å². The molecule has 2 aromatic rings. The molecule has 0 spiro atoms. The van der Waals surface area contributed by atoms with E-state index in [-0.39, 0.29) is 16.2 Å².